The molecule has 0 aromatic rings. The predicted octanol–water partition coefficient (Wildman–Crippen LogP) is 0.563. The van der Waals surface area contributed by atoms with Crippen molar-refractivity contribution in [1.29, 1.82) is 0 Å². The number of hydrogen-bond acceptors (Lipinski definition) is 2. The highest BCUT2D eigenvalue weighted by Crippen LogP contribution is 1.68. The molecule has 0 fully saturated rings. The zero-order valence-electron chi connectivity index (χ0n) is 3.94. The molecule has 0 aliphatic carbocycles. The summed E-state index contributed by atoms with van der Waals surface area (Å²) in [6.07, 6.45) is 2.03. The van der Waals surface area contributed by atoms with E-state index in [4.69, 9.17) is 0 Å². The average molecular weight is 103 g/mol. The van der Waals surface area contributed by atoms with Crippen LogP contribution in [-0.2, 0) is 4.79 Å². The SMILES string of the molecule is CC(=O)C=CNF. The molecule has 0 spiro atoms. The van der Waals surface area contributed by atoms with Crippen LogP contribution in [0.15, 0.2) is 12.3 Å². The lowest BCUT2D eigenvalue weighted by atomic mass is 10.4. The molecule has 1 N–H and O–H groups in total. The molecule has 0 aliphatic heterocycles. The van der Waals surface area contributed by atoms with Gasteiger partial charge in [0, 0.05) is 6.20 Å². The zero-order chi connectivity index (χ0) is 5.70. The fourth-order valence-electron chi connectivity index (χ4n) is 0.149. The second-order valence-corrected chi connectivity index (χ2v) is 1.05. The van der Waals surface area contributed by atoms with Gasteiger partial charge in [0.05, 0.1) is 0 Å². The molecule has 0 aliphatic rings. The van der Waals surface area contributed by atoms with Crippen molar-refractivity contribution < 1.29 is 9.28 Å². The van der Waals surface area contributed by atoms with Gasteiger partial charge >= 0.3 is 0 Å². The highest BCUT2D eigenvalue weighted by atomic mass is 19.2. The molecule has 0 heterocycles. The van der Waals surface area contributed by atoms with Crippen molar-refractivity contribution in [2.75, 3.05) is 0 Å². The number of hydrogen-bond donors (Lipinski definition) is 1. The maximum absolute atomic E-state index is 10.9. The first-order valence-corrected chi connectivity index (χ1v) is 1.80. The van der Waals surface area contributed by atoms with E-state index in [1.807, 2.05) is 0 Å². The molecule has 40 valence electrons. The number of nitrogens with one attached hydrogen (secondary N) is 1. The van der Waals surface area contributed by atoms with E-state index < -0.39 is 0 Å². The summed E-state index contributed by atoms with van der Waals surface area (Å²) < 4.78 is 10.9. The molecular formula is C4H6FNO. The van der Waals surface area contributed by atoms with Crippen molar-refractivity contribution >= 4 is 5.78 Å². The van der Waals surface area contributed by atoms with E-state index >= 15 is 0 Å². The van der Waals surface area contributed by atoms with Crippen LogP contribution in [0.4, 0.5) is 4.48 Å². The van der Waals surface area contributed by atoms with Crippen molar-refractivity contribution in [3.63, 3.8) is 0 Å². The van der Waals surface area contributed by atoms with Crippen molar-refractivity contribution in [2.24, 2.45) is 0 Å². The summed E-state index contributed by atoms with van der Waals surface area (Å²) in [7, 11) is 0. The number of ketones is 1. The molecule has 3 heteroatoms. The largest absolute Gasteiger partial charge is 0.295 e. The summed E-state index contributed by atoms with van der Waals surface area (Å²) in [6.45, 7) is 1.34. The Bertz CT molecular complexity index is 89.7. The zero-order valence-corrected chi connectivity index (χ0v) is 3.94. The van der Waals surface area contributed by atoms with Crippen LogP contribution in [0.1, 0.15) is 6.92 Å². The third-order valence-electron chi connectivity index (χ3n) is 0.381. The van der Waals surface area contributed by atoms with Crippen molar-refractivity contribution in [3.8, 4) is 0 Å². The lowest BCUT2D eigenvalue weighted by molar-refractivity contribution is -0.112. The van der Waals surface area contributed by atoms with Crippen LogP contribution in [0.5, 0.6) is 0 Å². The molecule has 0 saturated carbocycles. The molecule has 0 amide bonds. The van der Waals surface area contributed by atoms with E-state index in [0.29, 0.717) is 0 Å². The van der Waals surface area contributed by atoms with Crippen molar-refractivity contribution in [1.82, 2.24) is 5.54 Å². The monoisotopic (exact) mass is 103 g/mol. The quantitative estimate of drug-likeness (QED) is 0.408. The Hall–Kier alpha value is -0.860. The Morgan fingerprint density at radius 2 is 2.43 bits per heavy atom. The van der Waals surface area contributed by atoms with Gasteiger partial charge in [-0.2, -0.15) is 0 Å². The molecule has 0 radical (unpaired) electrons. The Kier molecular flexibility index (Phi) is 2.92. The first-order chi connectivity index (χ1) is 3.27. The smallest absolute Gasteiger partial charge is 0.154 e. The molecule has 0 unspecified atom stereocenters. The maximum Gasteiger partial charge on any atom is 0.154 e. The van der Waals surface area contributed by atoms with Crippen LogP contribution in [0, 0.1) is 0 Å². The van der Waals surface area contributed by atoms with Gasteiger partial charge in [0.1, 0.15) is 0 Å². The first-order valence-electron chi connectivity index (χ1n) is 1.80. The predicted molar refractivity (Wildman–Crippen MR) is 24.1 cm³/mol. The number of rotatable bonds is 2. The van der Waals surface area contributed by atoms with E-state index in [1.165, 1.54) is 12.5 Å². The van der Waals surface area contributed by atoms with Crippen LogP contribution in [0.3, 0.4) is 0 Å². The second kappa shape index (κ2) is 3.33. The van der Waals surface area contributed by atoms with Gasteiger partial charge in [-0.05, 0) is 13.0 Å². The van der Waals surface area contributed by atoms with E-state index in [1.54, 1.807) is 0 Å². The molecule has 2 nitrogen and oxygen atoms in total. The fraction of sp³-hybridized carbons (Fsp3) is 0.250. The van der Waals surface area contributed by atoms with E-state index in [0.717, 1.165) is 12.3 Å². The molecule has 0 aromatic carbocycles. The molecule has 0 saturated heterocycles. The maximum atomic E-state index is 10.9. The van der Waals surface area contributed by atoms with E-state index in [2.05, 4.69) is 0 Å². The van der Waals surface area contributed by atoms with Gasteiger partial charge in [-0.15, -0.1) is 4.48 Å². The molecule has 0 atom stereocenters. The topological polar surface area (TPSA) is 29.1 Å². The van der Waals surface area contributed by atoms with Gasteiger partial charge < -0.3 is 0 Å². The summed E-state index contributed by atoms with van der Waals surface area (Å²) >= 11 is 0. The fourth-order valence-corrected chi connectivity index (χ4v) is 0.149. The molecule has 0 aromatic heterocycles. The second-order valence-electron chi connectivity index (χ2n) is 1.05. The summed E-state index contributed by atoms with van der Waals surface area (Å²) in [5.41, 5.74) is 1.20. The Balaban J connectivity index is 3.26. The van der Waals surface area contributed by atoms with Crippen LogP contribution in [-0.4, -0.2) is 5.78 Å². The van der Waals surface area contributed by atoms with E-state index in [-0.39, 0.29) is 5.78 Å². The number of carbonyl (C=O) groups excluding carboxylic acids is 1. The van der Waals surface area contributed by atoms with Crippen LogP contribution in [0.25, 0.3) is 0 Å². The highest BCUT2D eigenvalue weighted by molar-refractivity contribution is 5.86. The minimum Gasteiger partial charge on any atom is -0.295 e. The van der Waals surface area contributed by atoms with Gasteiger partial charge in [-0.3, -0.25) is 4.79 Å². The standard InChI is InChI=1S/C4H6FNO/c1-4(7)2-3-6-5/h2-3,6H,1H3. The number of halogens is 1. The van der Waals surface area contributed by atoms with E-state index in [9.17, 15) is 9.28 Å². The highest BCUT2D eigenvalue weighted by Gasteiger charge is 1.76. The number of carbonyl (C=O) groups is 1. The summed E-state index contributed by atoms with van der Waals surface area (Å²) in [6, 6.07) is 0. The third kappa shape index (κ3) is 5.14. The average Bonchev–Trinajstić information content (AvgIpc) is 1.61. The van der Waals surface area contributed by atoms with Gasteiger partial charge in [-0.25, -0.2) is 5.54 Å². The summed E-state index contributed by atoms with van der Waals surface area (Å²) in [4.78, 5) is 9.91. The van der Waals surface area contributed by atoms with Gasteiger partial charge in [0.15, 0.2) is 5.78 Å². The van der Waals surface area contributed by atoms with Gasteiger partial charge in [0.25, 0.3) is 0 Å². The molecule has 7 heavy (non-hydrogen) atoms. The Morgan fingerprint density at radius 3 is 2.57 bits per heavy atom. The van der Waals surface area contributed by atoms with Gasteiger partial charge in [0.2, 0.25) is 0 Å². The van der Waals surface area contributed by atoms with Crippen LogP contribution in [0.2, 0.25) is 0 Å². The van der Waals surface area contributed by atoms with Crippen molar-refractivity contribution in [2.45, 2.75) is 6.92 Å². The minimum atomic E-state index is -0.176. The normalized spacial score (nSPS) is 9.43. The summed E-state index contributed by atoms with van der Waals surface area (Å²) in [5, 5.41) is 0. The minimum absolute atomic E-state index is 0.176. The Morgan fingerprint density at radius 1 is 1.86 bits per heavy atom. The lowest BCUT2D eigenvalue weighted by Gasteiger charge is -1.75. The summed E-state index contributed by atoms with van der Waals surface area (Å²) in [5.74, 6) is -0.176. The first kappa shape index (κ1) is 6.14. The number of allylic oxidation sites excluding steroid dienone is 1. The molecule has 0 bridgehead atoms. The molecular weight excluding hydrogens is 97.0 g/mol. The molecule has 0 rings (SSSR count). The lowest BCUT2D eigenvalue weighted by Crippen LogP contribution is -1.87. The third-order valence-corrected chi connectivity index (χ3v) is 0.381. The van der Waals surface area contributed by atoms with Crippen LogP contribution < -0.4 is 5.54 Å². The Labute approximate surface area is 41.0 Å². The van der Waals surface area contributed by atoms with Crippen LogP contribution >= 0.6 is 0 Å². The van der Waals surface area contributed by atoms with Crippen molar-refractivity contribution in [3.05, 3.63) is 12.3 Å². The van der Waals surface area contributed by atoms with Gasteiger partial charge in [-0.1, -0.05) is 0 Å².